The van der Waals surface area contributed by atoms with Crippen LogP contribution in [0.5, 0.6) is 0 Å². The molecule has 0 aromatic carbocycles. The van der Waals surface area contributed by atoms with Gasteiger partial charge in [-0.3, -0.25) is 10.1 Å². The van der Waals surface area contributed by atoms with Gasteiger partial charge in [-0.05, 0) is 18.8 Å². The van der Waals surface area contributed by atoms with Crippen LogP contribution >= 0.6 is 0 Å². The molecule has 98 valence electrons. The van der Waals surface area contributed by atoms with Crippen LogP contribution in [0.1, 0.15) is 32.6 Å². The summed E-state index contributed by atoms with van der Waals surface area (Å²) in [5.41, 5.74) is 5.55. The average Bonchev–Trinajstić information content (AvgIpc) is 2.28. The summed E-state index contributed by atoms with van der Waals surface area (Å²) in [7, 11) is 0. The highest BCUT2D eigenvalue weighted by atomic mass is 16.6. The van der Waals surface area contributed by atoms with Crippen molar-refractivity contribution in [2.45, 2.75) is 38.6 Å². The van der Waals surface area contributed by atoms with Crippen molar-refractivity contribution < 1.29 is 4.92 Å². The number of aromatic nitrogens is 1. The van der Waals surface area contributed by atoms with Gasteiger partial charge in [0.05, 0.1) is 17.1 Å². The molecule has 2 rings (SSSR count). The van der Waals surface area contributed by atoms with Crippen LogP contribution in [0.3, 0.4) is 0 Å². The Morgan fingerprint density at radius 3 is 2.94 bits per heavy atom. The molecule has 1 heterocycles. The summed E-state index contributed by atoms with van der Waals surface area (Å²) < 4.78 is 0. The molecule has 0 aliphatic heterocycles. The van der Waals surface area contributed by atoms with Crippen LogP contribution in [-0.4, -0.2) is 15.9 Å². The quantitative estimate of drug-likeness (QED) is 0.635. The second-order valence-electron chi connectivity index (χ2n) is 5.01. The highest BCUT2D eigenvalue weighted by Gasteiger charge is 2.20. The molecule has 0 bridgehead atoms. The van der Waals surface area contributed by atoms with Crippen molar-refractivity contribution in [1.29, 1.82) is 0 Å². The summed E-state index contributed by atoms with van der Waals surface area (Å²) in [6, 6.07) is 3.05. The van der Waals surface area contributed by atoms with Crippen LogP contribution in [0.2, 0.25) is 0 Å². The summed E-state index contributed by atoms with van der Waals surface area (Å²) in [5, 5.41) is 14.0. The predicted molar refractivity (Wildman–Crippen MR) is 70.3 cm³/mol. The smallest absolute Gasteiger partial charge is 0.276 e. The third-order valence-corrected chi connectivity index (χ3v) is 3.33. The van der Waals surface area contributed by atoms with Crippen molar-refractivity contribution in [2.75, 3.05) is 11.1 Å². The van der Waals surface area contributed by atoms with Gasteiger partial charge < -0.3 is 11.1 Å². The number of anilines is 2. The zero-order chi connectivity index (χ0) is 13.1. The fourth-order valence-electron chi connectivity index (χ4n) is 2.49. The molecular formula is C12H18N4O2. The number of hydrogen-bond acceptors (Lipinski definition) is 5. The largest absolute Gasteiger partial charge is 0.383 e. The second kappa shape index (κ2) is 5.20. The molecule has 6 heteroatoms. The van der Waals surface area contributed by atoms with Gasteiger partial charge in [0.25, 0.3) is 5.69 Å². The summed E-state index contributed by atoms with van der Waals surface area (Å²) in [6.07, 6.45) is 4.59. The molecule has 1 saturated carbocycles. The van der Waals surface area contributed by atoms with Gasteiger partial charge in [0, 0.05) is 6.04 Å². The minimum atomic E-state index is -0.452. The van der Waals surface area contributed by atoms with E-state index >= 15 is 0 Å². The third kappa shape index (κ3) is 3.09. The van der Waals surface area contributed by atoms with Gasteiger partial charge in [-0.2, -0.15) is 0 Å². The lowest BCUT2D eigenvalue weighted by Gasteiger charge is -2.27. The highest BCUT2D eigenvalue weighted by molar-refractivity contribution is 5.53. The number of hydrogen-bond donors (Lipinski definition) is 2. The Morgan fingerprint density at radius 1 is 1.50 bits per heavy atom. The lowest BCUT2D eigenvalue weighted by atomic mass is 9.87. The average molecular weight is 250 g/mol. The van der Waals surface area contributed by atoms with Gasteiger partial charge >= 0.3 is 0 Å². The Hall–Kier alpha value is -1.85. The Labute approximate surface area is 106 Å². The first-order valence-electron chi connectivity index (χ1n) is 6.23. The van der Waals surface area contributed by atoms with E-state index in [1.807, 2.05) is 0 Å². The fourth-order valence-corrected chi connectivity index (χ4v) is 2.49. The first kappa shape index (κ1) is 12.6. The van der Waals surface area contributed by atoms with Crippen molar-refractivity contribution >= 4 is 17.3 Å². The van der Waals surface area contributed by atoms with Gasteiger partial charge in [-0.25, -0.2) is 4.98 Å². The molecule has 6 nitrogen and oxygen atoms in total. The molecule has 1 aliphatic rings. The SMILES string of the molecule is CC1CCCC(Nc2cc([N+](=O)[O-])cc(N)n2)C1. The Kier molecular flexibility index (Phi) is 3.64. The summed E-state index contributed by atoms with van der Waals surface area (Å²) in [6.45, 7) is 2.23. The van der Waals surface area contributed by atoms with E-state index in [-0.39, 0.29) is 11.5 Å². The number of nitrogens with two attached hydrogens (primary N) is 1. The molecule has 1 aliphatic carbocycles. The van der Waals surface area contributed by atoms with E-state index in [1.54, 1.807) is 0 Å². The van der Waals surface area contributed by atoms with Gasteiger partial charge in [-0.15, -0.1) is 0 Å². The van der Waals surface area contributed by atoms with Gasteiger partial charge in [-0.1, -0.05) is 19.8 Å². The first-order chi connectivity index (χ1) is 8.54. The number of nitro groups is 1. The standard InChI is InChI=1S/C12H18N4O2/c1-8-3-2-4-9(5-8)14-12-7-10(16(17)18)6-11(13)15-12/h6-9H,2-5H2,1H3,(H3,13,14,15). The Morgan fingerprint density at radius 2 is 2.28 bits per heavy atom. The van der Waals surface area contributed by atoms with Crippen LogP contribution in [0.25, 0.3) is 0 Å². The molecule has 1 fully saturated rings. The van der Waals surface area contributed by atoms with Crippen LogP contribution < -0.4 is 11.1 Å². The van der Waals surface area contributed by atoms with Crippen molar-refractivity contribution in [3.8, 4) is 0 Å². The lowest BCUT2D eigenvalue weighted by Crippen LogP contribution is -2.26. The van der Waals surface area contributed by atoms with Gasteiger partial charge in [0.1, 0.15) is 11.6 Å². The number of pyridine rings is 1. The molecule has 1 aromatic heterocycles. The molecule has 1 aromatic rings. The number of nitrogens with one attached hydrogen (secondary N) is 1. The monoisotopic (exact) mass is 250 g/mol. The van der Waals surface area contributed by atoms with Crippen molar-refractivity contribution in [3.63, 3.8) is 0 Å². The minimum Gasteiger partial charge on any atom is -0.383 e. The number of rotatable bonds is 3. The van der Waals surface area contributed by atoms with Crippen LogP contribution in [-0.2, 0) is 0 Å². The maximum atomic E-state index is 10.7. The van der Waals surface area contributed by atoms with Gasteiger partial charge in [0.2, 0.25) is 0 Å². The lowest BCUT2D eigenvalue weighted by molar-refractivity contribution is -0.384. The summed E-state index contributed by atoms with van der Waals surface area (Å²) in [5.74, 6) is 1.36. The van der Waals surface area contributed by atoms with E-state index in [4.69, 9.17) is 5.73 Å². The summed E-state index contributed by atoms with van der Waals surface area (Å²) >= 11 is 0. The van der Waals surface area contributed by atoms with E-state index in [0.29, 0.717) is 17.8 Å². The molecular weight excluding hydrogens is 232 g/mol. The fraction of sp³-hybridized carbons (Fsp3) is 0.583. The van der Waals surface area contributed by atoms with E-state index in [1.165, 1.54) is 25.0 Å². The maximum absolute atomic E-state index is 10.7. The molecule has 2 atom stereocenters. The third-order valence-electron chi connectivity index (χ3n) is 3.33. The predicted octanol–water partition coefficient (Wildman–Crippen LogP) is 2.56. The normalized spacial score (nSPS) is 23.6. The molecule has 0 saturated heterocycles. The number of nitrogens with zero attached hydrogens (tertiary/aromatic N) is 2. The summed E-state index contributed by atoms with van der Waals surface area (Å²) in [4.78, 5) is 14.4. The molecule has 3 N–H and O–H groups in total. The Bertz CT molecular complexity index is 450. The molecule has 0 spiro atoms. The van der Waals surface area contributed by atoms with E-state index in [0.717, 1.165) is 12.8 Å². The molecule has 18 heavy (non-hydrogen) atoms. The maximum Gasteiger partial charge on any atom is 0.276 e. The second-order valence-corrected chi connectivity index (χ2v) is 5.01. The van der Waals surface area contributed by atoms with Crippen LogP contribution in [0, 0.1) is 16.0 Å². The van der Waals surface area contributed by atoms with Crippen molar-refractivity contribution in [2.24, 2.45) is 5.92 Å². The molecule has 0 amide bonds. The minimum absolute atomic E-state index is 0.0196. The van der Waals surface area contributed by atoms with Crippen molar-refractivity contribution in [1.82, 2.24) is 4.98 Å². The van der Waals surface area contributed by atoms with Crippen LogP contribution in [0.15, 0.2) is 12.1 Å². The van der Waals surface area contributed by atoms with E-state index < -0.39 is 4.92 Å². The topological polar surface area (TPSA) is 94.1 Å². The molecule has 2 unspecified atom stereocenters. The Balaban J connectivity index is 2.10. The zero-order valence-electron chi connectivity index (χ0n) is 10.4. The number of nitrogen functional groups attached to an aromatic ring is 1. The van der Waals surface area contributed by atoms with Gasteiger partial charge in [0.15, 0.2) is 0 Å². The van der Waals surface area contributed by atoms with E-state index in [9.17, 15) is 10.1 Å². The van der Waals surface area contributed by atoms with Crippen molar-refractivity contribution in [3.05, 3.63) is 22.2 Å². The highest BCUT2D eigenvalue weighted by Crippen LogP contribution is 2.27. The van der Waals surface area contributed by atoms with E-state index in [2.05, 4.69) is 17.2 Å². The van der Waals surface area contributed by atoms with Crippen LogP contribution in [0.4, 0.5) is 17.3 Å². The zero-order valence-corrected chi connectivity index (χ0v) is 10.4. The molecule has 0 radical (unpaired) electrons. The first-order valence-corrected chi connectivity index (χ1v) is 6.23.